The quantitative estimate of drug-likeness (QED) is 0.693. The van der Waals surface area contributed by atoms with Gasteiger partial charge in [0.15, 0.2) is 0 Å². The minimum absolute atomic E-state index is 0.0750. The Morgan fingerprint density at radius 3 is 2.41 bits per heavy atom. The standard InChI is InChI=1S/C13H20N2O2/c1-10(2)13(12(16)17,15-9-8-14)11-6-4-3-5-7-11/h3-7,10,15H,8-9,14H2,1-2H3,(H,16,17). The maximum Gasteiger partial charge on any atom is 0.328 e. The minimum atomic E-state index is -1.07. The van der Waals surface area contributed by atoms with Crippen LogP contribution in [0, 0.1) is 5.92 Å². The molecule has 1 rings (SSSR count). The van der Waals surface area contributed by atoms with Gasteiger partial charge in [-0.3, -0.25) is 5.32 Å². The molecule has 0 bridgehead atoms. The summed E-state index contributed by atoms with van der Waals surface area (Å²) in [5, 5.41) is 12.6. The van der Waals surface area contributed by atoms with E-state index in [0.29, 0.717) is 13.1 Å². The van der Waals surface area contributed by atoms with E-state index in [9.17, 15) is 9.90 Å². The van der Waals surface area contributed by atoms with Gasteiger partial charge in [-0.2, -0.15) is 0 Å². The Balaban J connectivity index is 3.20. The second-order valence-electron chi connectivity index (χ2n) is 4.35. The molecule has 0 radical (unpaired) electrons. The molecule has 1 aromatic carbocycles. The monoisotopic (exact) mass is 236 g/mol. The molecule has 0 saturated heterocycles. The number of carbonyl (C=O) groups is 1. The molecule has 94 valence electrons. The number of hydrogen-bond donors (Lipinski definition) is 3. The van der Waals surface area contributed by atoms with Crippen molar-refractivity contribution in [2.75, 3.05) is 13.1 Å². The van der Waals surface area contributed by atoms with Crippen LogP contribution in [-0.2, 0) is 10.3 Å². The highest BCUT2D eigenvalue weighted by Gasteiger charge is 2.42. The fourth-order valence-corrected chi connectivity index (χ4v) is 2.06. The summed E-state index contributed by atoms with van der Waals surface area (Å²) >= 11 is 0. The first-order valence-corrected chi connectivity index (χ1v) is 5.79. The van der Waals surface area contributed by atoms with E-state index in [-0.39, 0.29) is 5.92 Å². The summed E-state index contributed by atoms with van der Waals surface area (Å²) in [6.45, 7) is 4.67. The van der Waals surface area contributed by atoms with Crippen molar-refractivity contribution < 1.29 is 9.90 Å². The van der Waals surface area contributed by atoms with Gasteiger partial charge >= 0.3 is 5.97 Å². The van der Waals surface area contributed by atoms with Crippen molar-refractivity contribution >= 4 is 5.97 Å². The van der Waals surface area contributed by atoms with Gasteiger partial charge in [-0.15, -0.1) is 0 Å². The summed E-state index contributed by atoms with van der Waals surface area (Å²) in [6.07, 6.45) is 0. The van der Waals surface area contributed by atoms with Crippen molar-refractivity contribution in [1.82, 2.24) is 5.32 Å². The van der Waals surface area contributed by atoms with Crippen molar-refractivity contribution in [3.05, 3.63) is 35.9 Å². The maximum atomic E-state index is 11.7. The Morgan fingerprint density at radius 1 is 1.41 bits per heavy atom. The molecule has 17 heavy (non-hydrogen) atoms. The van der Waals surface area contributed by atoms with Gasteiger partial charge in [0.05, 0.1) is 0 Å². The molecule has 0 spiro atoms. The molecule has 0 fully saturated rings. The third-order valence-electron chi connectivity index (χ3n) is 2.98. The SMILES string of the molecule is CC(C)C(NCCN)(C(=O)O)c1ccccc1. The van der Waals surface area contributed by atoms with Crippen LogP contribution in [0.1, 0.15) is 19.4 Å². The fourth-order valence-electron chi connectivity index (χ4n) is 2.06. The Bertz CT molecular complexity index is 365. The lowest BCUT2D eigenvalue weighted by atomic mass is 9.79. The van der Waals surface area contributed by atoms with Crippen LogP contribution in [0.5, 0.6) is 0 Å². The Morgan fingerprint density at radius 2 is 2.00 bits per heavy atom. The predicted octanol–water partition coefficient (Wildman–Crippen LogP) is 1.17. The number of carboxylic acid groups (broad SMARTS) is 1. The normalized spacial score (nSPS) is 14.6. The Hall–Kier alpha value is -1.39. The highest BCUT2D eigenvalue weighted by atomic mass is 16.4. The number of nitrogens with one attached hydrogen (secondary N) is 1. The number of carboxylic acids is 1. The van der Waals surface area contributed by atoms with E-state index < -0.39 is 11.5 Å². The summed E-state index contributed by atoms with van der Waals surface area (Å²) < 4.78 is 0. The summed E-state index contributed by atoms with van der Waals surface area (Å²) in [4.78, 5) is 11.7. The zero-order valence-electron chi connectivity index (χ0n) is 10.3. The molecule has 4 N–H and O–H groups in total. The van der Waals surface area contributed by atoms with Crippen LogP contribution in [0.15, 0.2) is 30.3 Å². The molecule has 1 atom stereocenters. The van der Waals surface area contributed by atoms with Gasteiger partial charge in [0.1, 0.15) is 5.54 Å². The van der Waals surface area contributed by atoms with E-state index in [1.165, 1.54) is 0 Å². The number of rotatable bonds is 6. The molecule has 4 nitrogen and oxygen atoms in total. The van der Waals surface area contributed by atoms with Crippen molar-refractivity contribution in [2.45, 2.75) is 19.4 Å². The summed E-state index contributed by atoms with van der Waals surface area (Å²) in [5.41, 5.74) is 5.15. The third-order valence-corrected chi connectivity index (χ3v) is 2.98. The lowest BCUT2D eigenvalue weighted by molar-refractivity contribution is -0.147. The van der Waals surface area contributed by atoms with Gasteiger partial charge in [0, 0.05) is 13.1 Å². The van der Waals surface area contributed by atoms with E-state index in [2.05, 4.69) is 5.32 Å². The molecule has 1 aromatic rings. The van der Waals surface area contributed by atoms with Gasteiger partial charge in [0.2, 0.25) is 0 Å². The Labute approximate surface area is 102 Å². The predicted molar refractivity (Wildman–Crippen MR) is 67.7 cm³/mol. The second-order valence-corrected chi connectivity index (χ2v) is 4.35. The van der Waals surface area contributed by atoms with Crippen LogP contribution in [-0.4, -0.2) is 24.2 Å². The largest absolute Gasteiger partial charge is 0.480 e. The van der Waals surface area contributed by atoms with Crippen LogP contribution in [0.25, 0.3) is 0 Å². The van der Waals surface area contributed by atoms with Gasteiger partial charge in [-0.05, 0) is 11.5 Å². The number of hydrogen-bond acceptors (Lipinski definition) is 3. The van der Waals surface area contributed by atoms with Gasteiger partial charge < -0.3 is 10.8 Å². The fraction of sp³-hybridized carbons (Fsp3) is 0.462. The summed E-state index contributed by atoms with van der Waals surface area (Å²) in [7, 11) is 0. The van der Waals surface area contributed by atoms with Crippen LogP contribution in [0.2, 0.25) is 0 Å². The molecular formula is C13H20N2O2. The van der Waals surface area contributed by atoms with Crippen molar-refractivity contribution in [1.29, 1.82) is 0 Å². The van der Waals surface area contributed by atoms with E-state index in [1.807, 2.05) is 44.2 Å². The van der Waals surface area contributed by atoms with Gasteiger partial charge in [-0.1, -0.05) is 44.2 Å². The summed E-state index contributed by atoms with van der Waals surface area (Å²) in [5.74, 6) is -0.943. The molecule has 0 amide bonds. The summed E-state index contributed by atoms with van der Waals surface area (Å²) in [6, 6.07) is 9.23. The molecule has 0 aromatic heterocycles. The van der Waals surface area contributed by atoms with E-state index >= 15 is 0 Å². The smallest absolute Gasteiger partial charge is 0.328 e. The first kappa shape index (κ1) is 13.7. The first-order valence-electron chi connectivity index (χ1n) is 5.79. The number of aliphatic carboxylic acids is 1. The van der Waals surface area contributed by atoms with Crippen molar-refractivity contribution in [2.24, 2.45) is 11.7 Å². The number of nitrogens with two attached hydrogens (primary N) is 1. The third kappa shape index (κ3) is 2.65. The molecule has 0 heterocycles. The van der Waals surface area contributed by atoms with E-state index in [1.54, 1.807) is 0 Å². The Kier molecular flexibility index (Phi) is 4.66. The van der Waals surface area contributed by atoms with Gasteiger partial charge in [0.25, 0.3) is 0 Å². The van der Waals surface area contributed by atoms with Crippen molar-refractivity contribution in [3.63, 3.8) is 0 Å². The zero-order chi connectivity index (χ0) is 12.9. The lowest BCUT2D eigenvalue weighted by Gasteiger charge is -2.35. The molecule has 0 saturated carbocycles. The molecular weight excluding hydrogens is 216 g/mol. The van der Waals surface area contributed by atoms with Crippen molar-refractivity contribution in [3.8, 4) is 0 Å². The van der Waals surface area contributed by atoms with Crippen LogP contribution in [0.3, 0.4) is 0 Å². The van der Waals surface area contributed by atoms with Gasteiger partial charge in [-0.25, -0.2) is 4.79 Å². The highest BCUT2D eigenvalue weighted by Crippen LogP contribution is 2.29. The van der Waals surface area contributed by atoms with Crippen LogP contribution < -0.4 is 11.1 Å². The molecule has 0 aliphatic heterocycles. The average molecular weight is 236 g/mol. The molecule has 0 aliphatic carbocycles. The highest BCUT2D eigenvalue weighted by molar-refractivity contribution is 5.81. The molecule has 0 aliphatic rings. The van der Waals surface area contributed by atoms with Crippen LogP contribution in [0.4, 0.5) is 0 Å². The average Bonchev–Trinajstić information content (AvgIpc) is 2.30. The maximum absolute atomic E-state index is 11.7. The molecule has 1 unspecified atom stereocenters. The molecule has 4 heteroatoms. The first-order chi connectivity index (χ1) is 8.05. The topological polar surface area (TPSA) is 75.3 Å². The zero-order valence-corrected chi connectivity index (χ0v) is 10.3. The van der Waals surface area contributed by atoms with Crippen LogP contribution >= 0.6 is 0 Å². The van der Waals surface area contributed by atoms with E-state index in [0.717, 1.165) is 5.56 Å². The lowest BCUT2D eigenvalue weighted by Crippen LogP contribution is -2.54. The number of benzene rings is 1. The van der Waals surface area contributed by atoms with E-state index in [4.69, 9.17) is 5.73 Å². The minimum Gasteiger partial charge on any atom is -0.480 e. The second kappa shape index (κ2) is 5.80.